The summed E-state index contributed by atoms with van der Waals surface area (Å²) >= 11 is 0. The molecule has 3 heteroatoms. The molecule has 1 N–H and O–H groups in total. The Morgan fingerprint density at radius 2 is 1.82 bits per heavy atom. The Labute approximate surface area is 107 Å². The Balaban J connectivity index is 2.60. The van der Waals surface area contributed by atoms with Crippen molar-refractivity contribution in [1.82, 2.24) is 10.2 Å². The van der Waals surface area contributed by atoms with E-state index in [1.807, 2.05) is 0 Å². The second-order valence-electron chi connectivity index (χ2n) is 5.47. The minimum Gasteiger partial charge on any atom is -0.380 e. The third-order valence-corrected chi connectivity index (χ3v) is 3.96. The molecule has 0 aromatic carbocycles. The summed E-state index contributed by atoms with van der Waals surface area (Å²) in [4.78, 5) is 2.63. The zero-order valence-corrected chi connectivity index (χ0v) is 12.1. The van der Waals surface area contributed by atoms with E-state index in [0.29, 0.717) is 6.04 Å². The maximum atomic E-state index is 5.64. The van der Waals surface area contributed by atoms with Gasteiger partial charge in [0.15, 0.2) is 0 Å². The summed E-state index contributed by atoms with van der Waals surface area (Å²) in [6, 6.07) is 0.422. The molecule has 0 bridgehead atoms. The lowest BCUT2D eigenvalue weighted by atomic mass is 9.90. The molecular formula is C14H30N2O. The van der Waals surface area contributed by atoms with Crippen LogP contribution in [0.2, 0.25) is 0 Å². The van der Waals surface area contributed by atoms with Gasteiger partial charge in [0.25, 0.3) is 0 Å². The molecule has 1 heterocycles. The molecule has 0 spiro atoms. The van der Waals surface area contributed by atoms with Gasteiger partial charge in [-0.1, -0.05) is 13.3 Å². The van der Waals surface area contributed by atoms with Crippen LogP contribution in [0.1, 0.15) is 47.0 Å². The molecule has 102 valence electrons. The second kappa shape index (κ2) is 7.34. The van der Waals surface area contributed by atoms with Crippen LogP contribution in [0.5, 0.6) is 0 Å². The zero-order chi connectivity index (χ0) is 12.7. The number of piperidine rings is 1. The fourth-order valence-corrected chi connectivity index (χ4v) is 2.69. The second-order valence-corrected chi connectivity index (χ2v) is 5.47. The number of rotatable bonds is 7. The lowest BCUT2D eigenvalue weighted by Crippen LogP contribution is -2.60. The first kappa shape index (κ1) is 14.9. The molecule has 0 aliphatic carbocycles. The number of likely N-dealkylation sites (tertiary alicyclic amines) is 1. The number of nitrogens with zero attached hydrogens (tertiary/aromatic N) is 1. The molecule has 0 aromatic rings. The predicted molar refractivity (Wildman–Crippen MR) is 73.5 cm³/mol. The number of hydrogen-bond donors (Lipinski definition) is 1. The van der Waals surface area contributed by atoms with Gasteiger partial charge in [-0.25, -0.2) is 0 Å². The Kier molecular flexibility index (Phi) is 6.45. The first-order valence-electron chi connectivity index (χ1n) is 7.19. The van der Waals surface area contributed by atoms with Gasteiger partial charge in [0.2, 0.25) is 0 Å². The smallest absolute Gasteiger partial charge is 0.0637 e. The van der Waals surface area contributed by atoms with Gasteiger partial charge in [-0.2, -0.15) is 0 Å². The van der Waals surface area contributed by atoms with Crippen molar-refractivity contribution in [3.8, 4) is 0 Å². The van der Waals surface area contributed by atoms with Gasteiger partial charge < -0.3 is 10.1 Å². The van der Waals surface area contributed by atoms with Crippen LogP contribution in [0, 0.1) is 0 Å². The standard InChI is InChI=1S/C14H30N2O/c1-5-15-13(12-17-6-2)14(3,4)16-10-8-7-9-11-16/h13,15H,5-12H2,1-4H3. The lowest BCUT2D eigenvalue weighted by Gasteiger charge is -2.46. The van der Waals surface area contributed by atoms with Crippen molar-refractivity contribution in [2.45, 2.75) is 58.5 Å². The SMILES string of the molecule is CCNC(COCC)C(C)(C)N1CCCCC1. The minimum atomic E-state index is 0.186. The summed E-state index contributed by atoms with van der Waals surface area (Å²) < 4.78 is 5.64. The molecule has 3 nitrogen and oxygen atoms in total. The number of hydrogen-bond acceptors (Lipinski definition) is 3. The molecule has 1 atom stereocenters. The number of nitrogens with one attached hydrogen (secondary N) is 1. The third-order valence-electron chi connectivity index (χ3n) is 3.96. The highest BCUT2D eigenvalue weighted by Gasteiger charge is 2.35. The highest BCUT2D eigenvalue weighted by atomic mass is 16.5. The van der Waals surface area contributed by atoms with Gasteiger partial charge >= 0.3 is 0 Å². The van der Waals surface area contributed by atoms with Crippen LogP contribution in [0.15, 0.2) is 0 Å². The molecule has 1 aliphatic heterocycles. The van der Waals surface area contributed by atoms with Crippen LogP contribution in [0.4, 0.5) is 0 Å². The van der Waals surface area contributed by atoms with Crippen molar-refractivity contribution < 1.29 is 4.74 Å². The van der Waals surface area contributed by atoms with E-state index < -0.39 is 0 Å². The van der Waals surface area contributed by atoms with Gasteiger partial charge in [0.05, 0.1) is 6.61 Å². The molecule has 0 aromatic heterocycles. The molecule has 1 unspecified atom stereocenters. The average molecular weight is 242 g/mol. The molecule has 0 saturated carbocycles. The molecule has 1 fully saturated rings. The maximum Gasteiger partial charge on any atom is 0.0637 e. The topological polar surface area (TPSA) is 24.5 Å². The Bertz CT molecular complexity index is 200. The van der Waals surface area contributed by atoms with E-state index in [-0.39, 0.29) is 5.54 Å². The van der Waals surface area contributed by atoms with E-state index in [4.69, 9.17) is 4.74 Å². The summed E-state index contributed by atoms with van der Waals surface area (Å²) in [6.07, 6.45) is 4.08. The summed E-state index contributed by atoms with van der Waals surface area (Å²) in [5, 5.41) is 3.59. The molecule has 1 aliphatic rings. The van der Waals surface area contributed by atoms with Crippen molar-refractivity contribution in [2.75, 3.05) is 32.8 Å². The third kappa shape index (κ3) is 4.23. The normalized spacial score (nSPS) is 20.5. The molecule has 0 amide bonds. The molecule has 1 rings (SSSR count). The van der Waals surface area contributed by atoms with Crippen molar-refractivity contribution >= 4 is 0 Å². The van der Waals surface area contributed by atoms with Crippen LogP contribution in [0.3, 0.4) is 0 Å². The Hall–Kier alpha value is -0.120. The van der Waals surface area contributed by atoms with E-state index in [2.05, 4.69) is 37.9 Å². The largest absolute Gasteiger partial charge is 0.380 e. The Morgan fingerprint density at radius 1 is 1.18 bits per heavy atom. The predicted octanol–water partition coefficient (Wildman–Crippen LogP) is 2.27. The maximum absolute atomic E-state index is 5.64. The van der Waals surface area contributed by atoms with Crippen molar-refractivity contribution in [3.63, 3.8) is 0 Å². The molecule has 17 heavy (non-hydrogen) atoms. The van der Waals surface area contributed by atoms with Crippen LogP contribution in [0.25, 0.3) is 0 Å². The highest BCUT2D eigenvalue weighted by molar-refractivity contribution is 4.94. The Morgan fingerprint density at radius 3 is 2.35 bits per heavy atom. The van der Waals surface area contributed by atoms with E-state index in [9.17, 15) is 0 Å². The van der Waals surface area contributed by atoms with Gasteiger partial charge in [0.1, 0.15) is 0 Å². The van der Waals surface area contributed by atoms with Gasteiger partial charge in [-0.05, 0) is 53.2 Å². The first-order valence-corrected chi connectivity index (χ1v) is 7.19. The average Bonchev–Trinajstić information content (AvgIpc) is 2.35. The van der Waals surface area contributed by atoms with E-state index in [1.54, 1.807) is 0 Å². The molecule has 0 radical (unpaired) electrons. The minimum absolute atomic E-state index is 0.186. The van der Waals surface area contributed by atoms with Gasteiger partial charge in [0, 0.05) is 18.2 Å². The first-order chi connectivity index (χ1) is 8.12. The molecule has 1 saturated heterocycles. The summed E-state index contributed by atoms with van der Waals surface area (Å²) in [7, 11) is 0. The van der Waals surface area contributed by atoms with E-state index >= 15 is 0 Å². The fourth-order valence-electron chi connectivity index (χ4n) is 2.69. The van der Waals surface area contributed by atoms with Crippen LogP contribution < -0.4 is 5.32 Å². The zero-order valence-electron chi connectivity index (χ0n) is 12.1. The summed E-state index contributed by atoms with van der Waals surface area (Å²) in [5.74, 6) is 0. The van der Waals surface area contributed by atoms with Crippen molar-refractivity contribution in [1.29, 1.82) is 0 Å². The fraction of sp³-hybridized carbons (Fsp3) is 1.00. The van der Waals surface area contributed by atoms with Crippen LogP contribution in [-0.4, -0.2) is 49.3 Å². The monoisotopic (exact) mass is 242 g/mol. The quantitative estimate of drug-likeness (QED) is 0.741. The van der Waals surface area contributed by atoms with E-state index in [1.165, 1.54) is 32.4 Å². The summed E-state index contributed by atoms with van der Waals surface area (Å²) in [5.41, 5.74) is 0.186. The van der Waals surface area contributed by atoms with Crippen LogP contribution in [-0.2, 0) is 4.74 Å². The van der Waals surface area contributed by atoms with Gasteiger partial charge in [-0.15, -0.1) is 0 Å². The summed E-state index contributed by atoms with van der Waals surface area (Å²) in [6.45, 7) is 14.0. The van der Waals surface area contributed by atoms with Crippen molar-refractivity contribution in [3.05, 3.63) is 0 Å². The number of ether oxygens (including phenoxy) is 1. The van der Waals surface area contributed by atoms with Crippen LogP contribution >= 0.6 is 0 Å². The van der Waals surface area contributed by atoms with E-state index in [0.717, 1.165) is 19.8 Å². The lowest BCUT2D eigenvalue weighted by molar-refractivity contribution is 0.0189. The highest BCUT2D eigenvalue weighted by Crippen LogP contribution is 2.24. The van der Waals surface area contributed by atoms with Crippen molar-refractivity contribution in [2.24, 2.45) is 0 Å². The number of likely N-dealkylation sites (N-methyl/N-ethyl adjacent to an activating group) is 1. The molecular weight excluding hydrogens is 212 g/mol. The van der Waals surface area contributed by atoms with Gasteiger partial charge in [-0.3, -0.25) is 4.90 Å².